The fraction of sp³-hybridized carbons (Fsp3) is 0.692. The van der Waals surface area contributed by atoms with Crippen LogP contribution in [0.1, 0.15) is 26.7 Å². The number of amides is 2. The third-order valence-corrected chi connectivity index (χ3v) is 3.26. The first kappa shape index (κ1) is 16.6. The van der Waals surface area contributed by atoms with Crippen molar-refractivity contribution in [2.24, 2.45) is 0 Å². The van der Waals surface area contributed by atoms with Crippen LogP contribution in [0.3, 0.4) is 0 Å². The minimum absolute atomic E-state index is 0.0334. The highest BCUT2D eigenvalue weighted by Gasteiger charge is 2.30. The normalized spacial score (nSPS) is 21.4. The second-order valence-electron chi connectivity index (χ2n) is 5.94. The van der Waals surface area contributed by atoms with Gasteiger partial charge in [-0.05, 0) is 26.7 Å². The first-order valence-corrected chi connectivity index (χ1v) is 6.94. The van der Waals surface area contributed by atoms with E-state index in [4.69, 9.17) is 4.74 Å². The Morgan fingerprint density at radius 2 is 2.27 bits per heavy atom. The van der Waals surface area contributed by atoms with Gasteiger partial charge in [-0.15, -0.1) is 0 Å². The molecule has 0 spiro atoms. The number of carbonyl (C=O) groups excluding carboxylic acids is 1. The fourth-order valence-corrected chi connectivity index (χ4v) is 2.41. The molecule has 0 saturated carbocycles. The number of anilines is 1. The number of alkyl halides is 3. The van der Waals surface area contributed by atoms with E-state index in [2.05, 4.69) is 15.7 Å². The number of nitrogens with zero attached hydrogens (tertiary/aromatic N) is 2. The summed E-state index contributed by atoms with van der Waals surface area (Å²) in [5.41, 5.74) is -0.0820. The van der Waals surface area contributed by atoms with Gasteiger partial charge in [0.25, 0.3) is 0 Å². The first-order chi connectivity index (χ1) is 10.1. The van der Waals surface area contributed by atoms with E-state index in [0.717, 1.165) is 10.9 Å². The lowest BCUT2D eigenvalue weighted by Crippen LogP contribution is -2.47. The Morgan fingerprint density at radius 1 is 1.55 bits per heavy atom. The highest BCUT2D eigenvalue weighted by atomic mass is 19.4. The zero-order chi connectivity index (χ0) is 16.4. The van der Waals surface area contributed by atoms with E-state index in [0.29, 0.717) is 19.4 Å². The molecule has 0 radical (unpaired) electrons. The summed E-state index contributed by atoms with van der Waals surface area (Å²) in [6.07, 6.45) is -0.655. The number of ether oxygens (including phenoxy) is 1. The van der Waals surface area contributed by atoms with Crippen molar-refractivity contribution < 1.29 is 22.7 Å². The Bertz CT molecular complexity index is 528. The van der Waals surface area contributed by atoms with E-state index in [9.17, 15) is 18.0 Å². The van der Waals surface area contributed by atoms with Gasteiger partial charge in [-0.3, -0.25) is 4.68 Å². The van der Waals surface area contributed by atoms with Crippen molar-refractivity contribution in [3.63, 3.8) is 0 Å². The summed E-state index contributed by atoms with van der Waals surface area (Å²) < 4.78 is 43.0. The molecule has 0 aromatic carbocycles. The van der Waals surface area contributed by atoms with Crippen LogP contribution in [0, 0.1) is 0 Å². The van der Waals surface area contributed by atoms with E-state index >= 15 is 0 Å². The molecule has 1 aromatic rings. The van der Waals surface area contributed by atoms with Crippen molar-refractivity contribution in [3.8, 4) is 0 Å². The predicted octanol–water partition coefficient (Wildman–Crippen LogP) is 2.52. The third-order valence-electron chi connectivity index (χ3n) is 3.26. The van der Waals surface area contributed by atoms with E-state index in [1.165, 1.54) is 6.20 Å². The van der Waals surface area contributed by atoms with Crippen molar-refractivity contribution in [3.05, 3.63) is 12.4 Å². The Kier molecular flexibility index (Phi) is 4.64. The number of aromatic nitrogens is 2. The van der Waals surface area contributed by atoms with Gasteiger partial charge < -0.3 is 15.4 Å². The lowest BCUT2D eigenvalue weighted by atomic mass is 9.94. The van der Waals surface area contributed by atoms with Gasteiger partial charge in [0.2, 0.25) is 0 Å². The fourth-order valence-electron chi connectivity index (χ4n) is 2.41. The summed E-state index contributed by atoms with van der Waals surface area (Å²) in [7, 11) is 0. The Balaban J connectivity index is 1.84. The quantitative estimate of drug-likeness (QED) is 0.899. The van der Waals surface area contributed by atoms with Crippen LogP contribution in [0.2, 0.25) is 0 Å². The molecular formula is C13H19F3N4O2. The van der Waals surface area contributed by atoms with Gasteiger partial charge in [-0.1, -0.05) is 0 Å². The van der Waals surface area contributed by atoms with E-state index in [1.54, 1.807) is 0 Å². The summed E-state index contributed by atoms with van der Waals surface area (Å²) in [6.45, 7) is 3.26. The maximum absolute atomic E-state index is 12.2. The van der Waals surface area contributed by atoms with Gasteiger partial charge in [-0.25, -0.2) is 4.79 Å². The Hall–Kier alpha value is -1.77. The van der Waals surface area contributed by atoms with Crippen LogP contribution in [-0.4, -0.2) is 40.2 Å². The van der Waals surface area contributed by atoms with Crippen LogP contribution in [0.4, 0.5) is 23.7 Å². The number of nitrogens with one attached hydrogen (secondary N) is 2. The van der Waals surface area contributed by atoms with Crippen LogP contribution in [0.25, 0.3) is 0 Å². The SMILES string of the molecule is CC1(C)CC(NC(=O)Nc2cnn(CC(F)(F)F)c2)CCO1. The largest absolute Gasteiger partial charge is 0.408 e. The van der Waals surface area contributed by atoms with Crippen LogP contribution in [0.5, 0.6) is 0 Å². The molecule has 6 nitrogen and oxygen atoms in total. The predicted molar refractivity (Wildman–Crippen MR) is 73.5 cm³/mol. The van der Waals surface area contributed by atoms with Crippen molar-refractivity contribution in [2.45, 2.75) is 51.1 Å². The molecule has 2 amide bonds. The molecule has 1 aliphatic rings. The van der Waals surface area contributed by atoms with E-state index in [1.807, 2.05) is 13.8 Å². The van der Waals surface area contributed by atoms with Gasteiger partial charge in [0.05, 0.1) is 17.5 Å². The molecule has 22 heavy (non-hydrogen) atoms. The van der Waals surface area contributed by atoms with Gasteiger partial charge in [0, 0.05) is 18.8 Å². The monoisotopic (exact) mass is 320 g/mol. The average Bonchev–Trinajstić information content (AvgIpc) is 2.72. The lowest BCUT2D eigenvalue weighted by Gasteiger charge is -2.35. The molecule has 0 aliphatic carbocycles. The van der Waals surface area contributed by atoms with Crippen molar-refractivity contribution in [2.75, 3.05) is 11.9 Å². The van der Waals surface area contributed by atoms with Crippen LogP contribution in [-0.2, 0) is 11.3 Å². The van der Waals surface area contributed by atoms with Crippen LogP contribution < -0.4 is 10.6 Å². The molecule has 124 valence electrons. The molecule has 1 unspecified atom stereocenters. The molecule has 9 heteroatoms. The standard InChI is InChI=1S/C13H19F3N4O2/c1-12(2)5-9(3-4-22-12)18-11(21)19-10-6-17-20(7-10)8-13(14,15)16/h6-7,9H,3-5,8H2,1-2H3,(H2,18,19,21). The number of hydrogen-bond donors (Lipinski definition) is 2. The molecule has 0 bridgehead atoms. The molecule has 1 aromatic heterocycles. The second kappa shape index (κ2) is 6.15. The number of hydrogen-bond acceptors (Lipinski definition) is 3. The van der Waals surface area contributed by atoms with Gasteiger partial charge >= 0.3 is 12.2 Å². The van der Waals surface area contributed by atoms with E-state index in [-0.39, 0.29) is 17.3 Å². The summed E-state index contributed by atoms with van der Waals surface area (Å²) >= 11 is 0. The summed E-state index contributed by atoms with van der Waals surface area (Å²) in [6, 6.07) is -0.497. The van der Waals surface area contributed by atoms with Crippen LogP contribution >= 0.6 is 0 Å². The molecule has 2 N–H and O–H groups in total. The smallest absolute Gasteiger partial charge is 0.375 e. The van der Waals surface area contributed by atoms with Crippen molar-refractivity contribution in [1.82, 2.24) is 15.1 Å². The molecule has 1 aliphatic heterocycles. The number of halogens is 3. The van der Waals surface area contributed by atoms with Gasteiger partial charge in [0.1, 0.15) is 6.54 Å². The summed E-state index contributed by atoms with van der Waals surface area (Å²) in [4.78, 5) is 11.9. The topological polar surface area (TPSA) is 68.2 Å². The minimum Gasteiger partial charge on any atom is -0.375 e. The zero-order valence-corrected chi connectivity index (χ0v) is 12.4. The van der Waals surface area contributed by atoms with Gasteiger partial charge in [0.15, 0.2) is 0 Å². The third kappa shape index (κ3) is 5.21. The second-order valence-corrected chi connectivity index (χ2v) is 5.94. The molecular weight excluding hydrogens is 301 g/mol. The number of rotatable bonds is 3. The molecule has 1 atom stereocenters. The molecule has 1 saturated heterocycles. The van der Waals surface area contributed by atoms with Crippen molar-refractivity contribution >= 4 is 11.7 Å². The molecule has 2 heterocycles. The van der Waals surface area contributed by atoms with Crippen molar-refractivity contribution in [1.29, 1.82) is 0 Å². The summed E-state index contributed by atoms with van der Waals surface area (Å²) in [5.74, 6) is 0. The first-order valence-electron chi connectivity index (χ1n) is 6.94. The molecule has 1 fully saturated rings. The van der Waals surface area contributed by atoms with Gasteiger partial charge in [-0.2, -0.15) is 18.3 Å². The molecule has 2 rings (SSSR count). The Labute approximate surface area is 126 Å². The minimum atomic E-state index is -4.35. The number of urea groups is 1. The lowest BCUT2D eigenvalue weighted by molar-refractivity contribution is -0.142. The van der Waals surface area contributed by atoms with Crippen LogP contribution in [0.15, 0.2) is 12.4 Å². The zero-order valence-electron chi connectivity index (χ0n) is 12.4. The number of carbonyl (C=O) groups is 1. The maximum Gasteiger partial charge on any atom is 0.408 e. The highest BCUT2D eigenvalue weighted by Crippen LogP contribution is 2.24. The summed E-state index contributed by atoms with van der Waals surface area (Å²) in [5, 5.41) is 8.83. The Morgan fingerprint density at radius 3 is 2.91 bits per heavy atom. The van der Waals surface area contributed by atoms with E-state index < -0.39 is 18.8 Å². The highest BCUT2D eigenvalue weighted by molar-refractivity contribution is 5.89. The maximum atomic E-state index is 12.2. The average molecular weight is 320 g/mol.